The van der Waals surface area contributed by atoms with Crippen LogP contribution in [-0.2, 0) is 0 Å². The van der Waals surface area contributed by atoms with Gasteiger partial charge >= 0.3 is 5.97 Å². The van der Waals surface area contributed by atoms with E-state index >= 15 is 0 Å². The lowest BCUT2D eigenvalue weighted by molar-refractivity contribution is 0.0735. The second kappa shape index (κ2) is 6.90. The molecule has 0 bridgehead atoms. The molecule has 0 atom stereocenters. The first-order valence-electron chi connectivity index (χ1n) is 7.86. The Bertz CT molecular complexity index is 1060. The van der Waals surface area contributed by atoms with Gasteiger partial charge in [-0.25, -0.2) is 4.79 Å². The Morgan fingerprint density at radius 2 is 1.69 bits per heavy atom. The molecule has 0 radical (unpaired) electrons. The van der Waals surface area contributed by atoms with Gasteiger partial charge in [-0.05, 0) is 48.5 Å². The van der Waals surface area contributed by atoms with Crippen molar-refractivity contribution >= 4 is 40.8 Å². The molecule has 26 heavy (non-hydrogen) atoms. The van der Waals surface area contributed by atoms with E-state index in [0.717, 1.165) is 0 Å². The SMILES string of the molecule is O=C1Oc2ccc(N=Nc3cccc(Cl)c3)cc2C=Nc2ccccc21. The molecule has 0 saturated carbocycles. The fourth-order valence-electron chi connectivity index (χ4n) is 2.50. The van der Waals surface area contributed by atoms with Gasteiger partial charge in [-0.15, -0.1) is 0 Å². The summed E-state index contributed by atoms with van der Waals surface area (Å²) in [5.41, 5.74) is 2.90. The molecule has 0 amide bonds. The first-order chi connectivity index (χ1) is 12.7. The molecule has 6 heteroatoms. The fourth-order valence-corrected chi connectivity index (χ4v) is 2.68. The number of azo groups is 1. The molecule has 0 aromatic heterocycles. The van der Waals surface area contributed by atoms with Crippen LogP contribution in [0.1, 0.15) is 15.9 Å². The van der Waals surface area contributed by atoms with Gasteiger partial charge in [-0.1, -0.05) is 29.8 Å². The van der Waals surface area contributed by atoms with E-state index in [1.165, 1.54) is 0 Å². The Morgan fingerprint density at radius 3 is 2.54 bits per heavy atom. The summed E-state index contributed by atoms with van der Waals surface area (Å²) >= 11 is 5.94. The maximum absolute atomic E-state index is 12.3. The van der Waals surface area contributed by atoms with Crippen molar-refractivity contribution in [1.82, 2.24) is 0 Å². The number of hydrogen-bond acceptors (Lipinski definition) is 5. The van der Waals surface area contributed by atoms with Crippen molar-refractivity contribution in [3.63, 3.8) is 0 Å². The van der Waals surface area contributed by atoms with Gasteiger partial charge in [0.05, 0.1) is 22.6 Å². The molecule has 0 N–H and O–H groups in total. The zero-order chi connectivity index (χ0) is 17.9. The van der Waals surface area contributed by atoms with Crippen molar-refractivity contribution < 1.29 is 9.53 Å². The van der Waals surface area contributed by atoms with Gasteiger partial charge in [0.15, 0.2) is 0 Å². The molecular weight excluding hydrogens is 350 g/mol. The first-order valence-corrected chi connectivity index (χ1v) is 8.23. The highest BCUT2D eigenvalue weighted by atomic mass is 35.5. The minimum atomic E-state index is -0.438. The summed E-state index contributed by atoms with van der Waals surface area (Å²) in [6, 6.07) is 19.3. The van der Waals surface area contributed by atoms with Gasteiger partial charge < -0.3 is 4.74 Å². The normalized spacial score (nSPS) is 12.9. The minimum Gasteiger partial charge on any atom is -0.422 e. The van der Waals surface area contributed by atoms with Crippen LogP contribution in [0.3, 0.4) is 0 Å². The number of aliphatic imine (C=N–C) groups is 1. The second-order valence-electron chi connectivity index (χ2n) is 5.57. The van der Waals surface area contributed by atoms with Gasteiger partial charge in [0.2, 0.25) is 0 Å². The van der Waals surface area contributed by atoms with Crippen LogP contribution >= 0.6 is 11.6 Å². The average molecular weight is 362 g/mol. The van der Waals surface area contributed by atoms with Crippen molar-refractivity contribution in [2.24, 2.45) is 15.2 Å². The average Bonchev–Trinajstić information content (AvgIpc) is 2.65. The van der Waals surface area contributed by atoms with E-state index in [-0.39, 0.29) is 0 Å². The molecule has 0 saturated heterocycles. The lowest BCUT2D eigenvalue weighted by Gasteiger charge is -2.12. The molecular formula is C20H12ClN3O2. The molecule has 0 unspecified atom stereocenters. The van der Waals surface area contributed by atoms with Crippen molar-refractivity contribution in [3.05, 3.63) is 82.9 Å². The Kier molecular flexibility index (Phi) is 4.29. The maximum Gasteiger partial charge on any atom is 0.345 e. The largest absolute Gasteiger partial charge is 0.422 e. The quantitative estimate of drug-likeness (QED) is 0.317. The number of benzene rings is 3. The molecule has 1 heterocycles. The monoisotopic (exact) mass is 361 g/mol. The highest BCUT2D eigenvalue weighted by Crippen LogP contribution is 2.30. The van der Waals surface area contributed by atoms with E-state index in [1.54, 1.807) is 60.8 Å². The molecule has 126 valence electrons. The standard InChI is InChI=1S/C20H12ClN3O2/c21-14-4-3-5-15(11-14)23-24-16-8-9-19-13(10-16)12-22-18-7-2-1-6-17(18)20(25)26-19/h1-12H. The van der Waals surface area contributed by atoms with E-state index < -0.39 is 5.97 Å². The number of hydrogen-bond donors (Lipinski definition) is 0. The maximum atomic E-state index is 12.3. The summed E-state index contributed by atoms with van der Waals surface area (Å²) in [4.78, 5) is 16.7. The Hall–Kier alpha value is -3.31. The van der Waals surface area contributed by atoms with Gasteiger partial charge in [0.25, 0.3) is 0 Å². The van der Waals surface area contributed by atoms with Crippen LogP contribution in [0.4, 0.5) is 17.1 Å². The van der Waals surface area contributed by atoms with Crippen LogP contribution in [-0.4, -0.2) is 12.2 Å². The third kappa shape index (κ3) is 3.38. The zero-order valence-corrected chi connectivity index (χ0v) is 14.2. The molecule has 4 rings (SSSR count). The smallest absolute Gasteiger partial charge is 0.345 e. The van der Waals surface area contributed by atoms with Gasteiger partial charge in [0, 0.05) is 16.8 Å². The number of nitrogens with zero attached hydrogens (tertiary/aromatic N) is 3. The number of rotatable bonds is 2. The van der Waals surface area contributed by atoms with E-state index in [2.05, 4.69) is 15.2 Å². The fraction of sp³-hybridized carbons (Fsp3) is 0. The Labute approximate surface area is 154 Å². The van der Waals surface area contributed by atoms with Crippen LogP contribution in [0.15, 0.2) is 82.0 Å². The summed E-state index contributed by atoms with van der Waals surface area (Å²) < 4.78 is 5.48. The number of halogens is 1. The van der Waals surface area contributed by atoms with Crippen molar-refractivity contribution in [1.29, 1.82) is 0 Å². The molecule has 1 aliphatic rings. The van der Waals surface area contributed by atoms with E-state index in [4.69, 9.17) is 16.3 Å². The van der Waals surface area contributed by atoms with Gasteiger partial charge in [-0.3, -0.25) is 4.99 Å². The molecule has 0 spiro atoms. The molecule has 0 fully saturated rings. The summed E-state index contributed by atoms with van der Waals surface area (Å²) in [6.07, 6.45) is 1.65. The van der Waals surface area contributed by atoms with E-state index in [0.29, 0.717) is 39.0 Å². The van der Waals surface area contributed by atoms with Gasteiger partial charge in [0.1, 0.15) is 5.75 Å². The summed E-state index contributed by atoms with van der Waals surface area (Å²) in [5, 5.41) is 8.97. The first kappa shape index (κ1) is 16.2. The number of fused-ring (bicyclic) bond motifs is 2. The third-order valence-corrected chi connectivity index (χ3v) is 3.99. The number of carbonyl (C=O) groups is 1. The summed E-state index contributed by atoms with van der Waals surface area (Å²) in [6.45, 7) is 0. The summed E-state index contributed by atoms with van der Waals surface area (Å²) in [7, 11) is 0. The summed E-state index contributed by atoms with van der Waals surface area (Å²) in [5.74, 6) is -0.0121. The topological polar surface area (TPSA) is 63.4 Å². The lowest BCUT2D eigenvalue weighted by atomic mass is 10.1. The van der Waals surface area contributed by atoms with E-state index in [1.807, 2.05) is 12.1 Å². The van der Waals surface area contributed by atoms with Crippen LogP contribution in [0.2, 0.25) is 5.02 Å². The van der Waals surface area contributed by atoms with Gasteiger partial charge in [-0.2, -0.15) is 10.2 Å². The zero-order valence-electron chi connectivity index (χ0n) is 13.5. The van der Waals surface area contributed by atoms with Crippen molar-refractivity contribution in [2.45, 2.75) is 0 Å². The number of ether oxygens (including phenoxy) is 1. The minimum absolute atomic E-state index is 0.426. The predicted molar refractivity (Wildman–Crippen MR) is 101 cm³/mol. The molecule has 1 aliphatic heterocycles. The number of carbonyl (C=O) groups excluding carboxylic acids is 1. The second-order valence-corrected chi connectivity index (χ2v) is 6.00. The van der Waals surface area contributed by atoms with Crippen LogP contribution in [0, 0.1) is 0 Å². The molecule has 0 aliphatic carbocycles. The Balaban J connectivity index is 1.68. The highest BCUT2D eigenvalue weighted by molar-refractivity contribution is 6.30. The molecule has 5 nitrogen and oxygen atoms in total. The Morgan fingerprint density at radius 1 is 0.885 bits per heavy atom. The van der Waals surface area contributed by atoms with Crippen molar-refractivity contribution in [3.8, 4) is 5.75 Å². The van der Waals surface area contributed by atoms with Crippen LogP contribution < -0.4 is 4.74 Å². The van der Waals surface area contributed by atoms with Crippen molar-refractivity contribution in [2.75, 3.05) is 0 Å². The lowest BCUT2D eigenvalue weighted by Crippen LogP contribution is -2.11. The van der Waals surface area contributed by atoms with E-state index in [9.17, 15) is 4.79 Å². The highest BCUT2D eigenvalue weighted by Gasteiger charge is 2.17. The van der Waals surface area contributed by atoms with Crippen LogP contribution in [0.5, 0.6) is 5.75 Å². The van der Waals surface area contributed by atoms with Crippen LogP contribution in [0.25, 0.3) is 0 Å². The third-order valence-electron chi connectivity index (χ3n) is 3.75. The number of esters is 1. The molecule has 3 aromatic carbocycles. The number of para-hydroxylation sites is 1. The predicted octanol–water partition coefficient (Wildman–Crippen LogP) is 6.04. The molecule has 3 aromatic rings.